The molecular formula is C27H24ClFN4OS. The number of likely N-dealkylation sites (N-methyl/N-ethyl adjacent to an activating group) is 1. The first-order valence-electron chi connectivity index (χ1n) is 11.6. The van der Waals surface area contributed by atoms with Gasteiger partial charge >= 0.3 is 6.03 Å². The van der Waals surface area contributed by atoms with Crippen LogP contribution in [0.25, 0.3) is 5.00 Å². The number of fused-ring (bicyclic) bond motifs is 5. The maximum absolute atomic E-state index is 13.8. The third-order valence-electron chi connectivity index (χ3n) is 6.80. The Bertz CT molecular complexity index is 1400. The Morgan fingerprint density at radius 3 is 2.60 bits per heavy atom. The summed E-state index contributed by atoms with van der Waals surface area (Å²) in [4.78, 5) is 19.4. The number of halogens is 2. The molecule has 1 N–H and O–H groups in total. The Balaban J connectivity index is 1.48. The molecule has 0 unspecified atom stereocenters. The summed E-state index contributed by atoms with van der Waals surface area (Å²) in [5.74, 6) is -0.339. The van der Waals surface area contributed by atoms with Gasteiger partial charge in [-0.15, -0.1) is 11.3 Å². The van der Waals surface area contributed by atoms with Crippen molar-refractivity contribution < 1.29 is 9.18 Å². The zero-order valence-electron chi connectivity index (χ0n) is 19.2. The highest BCUT2D eigenvalue weighted by Crippen LogP contribution is 2.43. The van der Waals surface area contributed by atoms with Crippen molar-refractivity contribution in [3.63, 3.8) is 0 Å². The van der Waals surface area contributed by atoms with Crippen molar-refractivity contribution in [1.29, 1.82) is 0 Å². The largest absolute Gasteiger partial charge is 0.322 e. The van der Waals surface area contributed by atoms with Gasteiger partial charge in [-0.3, -0.25) is 0 Å². The van der Waals surface area contributed by atoms with E-state index in [4.69, 9.17) is 11.6 Å². The van der Waals surface area contributed by atoms with Crippen LogP contribution in [0.5, 0.6) is 0 Å². The number of anilines is 1. The number of hydrogen-bond acceptors (Lipinski definition) is 3. The molecule has 4 aromatic rings. The molecule has 2 amide bonds. The number of carbonyl (C=O) groups is 1. The van der Waals surface area contributed by atoms with Crippen molar-refractivity contribution >= 4 is 34.7 Å². The van der Waals surface area contributed by atoms with Crippen LogP contribution in [0.1, 0.15) is 33.3 Å². The van der Waals surface area contributed by atoms with E-state index in [0.717, 1.165) is 30.8 Å². The SMILES string of the molecule is CN1CCc2c(sc3c2CN(C(=O)Nc2ccc(F)cc2)[C@H](c2ccc(Cl)cc2)c2cccn2-3)C1. The third-order valence-corrected chi connectivity index (χ3v) is 8.31. The lowest BCUT2D eigenvalue weighted by Gasteiger charge is -2.32. The number of aromatic nitrogens is 1. The van der Waals surface area contributed by atoms with Crippen molar-refractivity contribution in [2.75, 3.05) is 18.9 Å². The van der Waals surface area contributed by atoms with E-state index in [2.05, 4.69) is 34.1 Å². The molecule has 2 aliphatic heterocycles. The zero-order valence-corrected chi connectivity index (χ0v) is 20.7. The number of nitrogens with zero attached hydrogens (tertiary/aromatic N) is 3. The van der Waals surface area contributed by atoms with Crippen molar-refractivity contribution in [2.24, 2.45) is 0 Å². The zero-order chi connectivity index (χ0) is 24.1. The van der Waals surface area contributed by atoms with E-state index in [1.807, 2.05) is 46.6 Å². The standard InChI is InChI=1S/C27H24ClFN4OS/c1-31-14-12-21-22-15-33(27(34)30-20-10-8-19(29)9-11-20)25(17-4-6-18(28)7-5-17)23-3-2-13-32(23)26(22)35-24(21)16-31/h2-11,13,25H,12,14-16H2,1H3,(H,30,34)/t25-/m1/s1. The first-order chi connectivity index (χ1) is 17.0. The average Bonchev–Trinajstić information content (AvgIpc) is 3.43. The van der Waals surface area contributed by atoms with Gasteiger partial charge in [0.25, 0.3) is 0 Å². The molecule has 2 aromatic heterocycles. The van der Waals surface area contributed by atoms with E-state index in [0.29, 0.717) is 17.3 Å². The van der Waals surface area contributed by atoms with E-state index in [-0.39, 0.29) is 17.9 Å². The Labute approximate surface area is 212 Å². The summed E-state index contributed by atoms with van der Waals surface area (Å²) in [6.07, 6.45) is 3.05. The third kappa shape index (κ3) is 4.03. The quantitative estimate of drug-likeness (QED) is 0.339. The van der Waals surface area contributed by atoms with E-state index < -0.39 is 0 Å². The highest BCUT2D eigenvalue weighted by molar-refractivity contribution is 7.15. The molecule has 0 saturated heterocycles. The minimum atomic E-state index is -0.339. The van der Waals surface area contributed by atoms with E-state index in [1.165, 1.54) is 33.1 Å². The van der Waals surface area contributed by atoms with Crippen molar-refractivity contribution in [1.82, 2.24) is 14.4 Å². The van der Waals surface area contributed by atoms with Gasteiger partial charge in [-0.25, -0.2) is 9.18 Å². The van der Waals surface area contributed by atoms with Gasteiger partial charge in [-0.05, 0) is 73.1 Å². The van der Waals surface area contributed by atoms with E-state index >= 15 is 0 Å². The molecular weight excluding hydrogens is 483 g/mol. The monoisotopic (exact) mass is 506 g/mol. The lowest BCUT2D eigenvalue weighted by molar-refractivity contribution is 0.194. The molecule has 6 rings (SSSR count). The van der Waals surface area contributed by atoms with Crippen LogP contribution in [0.4, 0.5) is 14.9 Å². The summed E-state index contributed by atoms with van der Waals surface area (Å²) >= 11 is 8.02. The predicted molar refractivity (Wildman–Crippen MR) is 138 cm³/mol. The molecule has 8 heteroatoms. The average molecular weight is 507 g/mol. The highest BCUT2D eigenvalue weighted by atomic mass is 35.5. The van der Waals surface area contributed by atoms with Gasteiger partial charge < -0.3 is 19.7 Å². The van der Waals surface area contributed by atoms with Crippen LogP contribution in [0.3, 0.4) is 0 Å². The van der Waals surface area contributed by atoms with Crippen LogP contribution in [-0.4, -0.2) is 34.0 Å². The van der Waals surface area contributed by atoms with Gasteiger partial charge in [0.15, 0.2) is 0 Å². The number of nitrogens with one attached hydrogen (secondary N) is 1. The molecule has 0 aliphatic carbocycles. The number of benzene rings is 2. The van der Waals surface area contributed by atoms with Crippen LogP contribution in [0.2, 0.25) is 5.02 Å². The molecule has 4 heterocycles. The van der Waals surface area contributed by atoms with Crippen LogP contribution in [0.15, 0.2) is 66.9 Å². The Morgan fingerprint density at radius 2 is 1.83 bits per heavy atom. The topological polar surface area (TPSA) is 40.5 Å². The fourth-order valence-corrected chi connectivity index (χ4v) is 6.64. The van der Waals surface area contributed by atoms with Crippen molar-refractivity contribution in [2.45, 2.75) is 25.6 Å². The summed E-state index contributed by atoms with van der Waals surface area (Å²) in [5, 5.41) is 4.82. The first-order valence-corrected chi connectivity index (χ1v) is 12.8. The van der Waals surface area contributed by atoms with Crippen LogP contribution in [-0.2, 0) is 19.5 Å². The van der Waals surface area contributed by atoms with Crippen LogP contribution < -0.4 is 5.32 Å². The second kappa shape index (κ2) is 8.82. The minimum absolute atomic E-state index is 0.231. The van der Waals surface area contributed by atoms with Gasteiger partial charge in [-0.2, -0.15) is 0 Å². The molecule has 0 fully saturated rings. The molecule has 1 atom stereocenters. The number of thiophene rings is 1. The van der Waals surface area contributed by atoms with E-state index in [9.17, 15) is 9.18 Å². The lowest BCUT2D eigenvalue weighted by Crippen LogP contribution is -2.38. The molecule has 5 nitrogen and oxygen atoms in total. The molecule has 2 aromatic carbocycles. The summed E-state index contributed by atoms with van der Waals surface area (Å²) < 4.78 is 15.7. The fraction of sp³-hybridized carbons (Fsp3) is 0.222. The van der Waals surface area contributed by atoms with Crippen LogP contribution in [0, 0.1) is 5.82 Å². The maximum atomic E-state index is 13.8. The van der Waals surface area contributed by atoms with Gasteiger partial charge in [0, 0.05) is 40.4 Å². The molecule has 0 spiro atoms. The van der Waals surface area contributed by atoms with Gasteiger partial charge in [0.05, 0.1) is 18.3 Å². The molecule has 0 radical (unpaired) electrons. The number of carbonyl (C=O) groups excluding carboxylic acids is 1. The van der Waals surface area contributed by atoms with Gasteiger partial charge in [0.1, 0.15) is 10.8 Å². The smallest absolute Gasteiger partial charge is 0.310 e. The second-order valence-electron chi connectivity index (χ2n) is 9.10. The van der Waals surface area contributed by atoms with Gasteiger partial charge in [0.2, 0.25) is 0 Å². The Kier molecular flexibility index (Phi) is 5.63. The number of rotatable bonds is 2. The summed E-state index contributed by atoms with van der Waals surface area (Å²) in [6.45, 7) is 2.40. The molecule has 2 aliphatic rings. The van der Waals surface area contributed by atoms with Crippen LogP contribution >= 0.6 is 22.9 Å². The first kappa shape index (κ1) is 22.3. The number of urea groups is 1. The highest BCUT2D eigenvalue weighted by Gasteiger charge is 2.36. The number of amides is 2. The summed E-state index contributed by atoms with van der Waals surface area (Å²) in [7, 11) is 2.15. The Hall–Kier alpha value is -3.13. The van der Waals surface area contributed by atoms with E-state index in [1.54, 1.807) is 12.1 Å². The second-order valence-corrected chi connectivity index (χ2v) is 10.6. The number of hydrogen-bond donors (Lipinski definition) is 1. The molecule has 0 saturated carbocycles. The fourth-order valence-electron chi connectivity index (χ4n) is 5.08. The van der Waals surface area contributed by atoms with Crippen molar-refractivity contribution in [3.8, 4) is 5.00 Å². The summed E-state index contributed by atoms with van der Waals surface area (Å²) in [6, 6.07) is 17.1. The normalized spacial score (nSPS) is 17.3. The van der Waals surface area contributed by atoms with Crippen molar-refractivity contribution in [3.05, 3.63) is 105 Å². The lowest BCUT2D eigenvalue weighted by atomic mass is 10.0. The molecule has 35 heavy (non-hydrogen) atoms. The summed E-state index contributed by atoms with van der Waals surface area (Å²) in [5.41, 5.74) is 5.13. The molecule has 178 valence electrons. The Morgan fingerprint density at radius 1 is 1.06 bits per heavy atom. The minimum Gasteiger partial charge on any atom is -0.310 e. The molecule has 0 bridgehead atoms. The predicted octanol–water partition coefficient (Wildman–Crippen LogP) is 6.46. The maximum Gasteiger partial charge on any atom is 0.322 e. The van der Waals surface area contributed by atoms with Gasteiger partial charge in [-0.1, -0.05) is 23.7 Å².